The fraction of sp³-hybridized carbons (Fsp3) is 0.250. The van der Waals surface area contributed by atoms with Gasteiger partial charge in [-0.2, -0.15) is 13.2 Å². The summed E-state index contributed by atoms with van der Waals surface area (Å²) in [6.07, 6.45) is -1.57. The number of benzene rings is 2. The van der Waals surface area contributed by atoms with E-state index in [2.05, 4.69) is 4.90 Å². The van der Waals surface area contributed by atoms with Crippen LogP contribution in [0.5, 0.6) is 0 Å². The molecule has 2 aromatic carbocycles. The predicted octanol–water partition coefficient (Wildman–Crippen LogP) is 4.44. The fourth-order valence-corrected chi connectivity index (χ4v) is 2.73. The van der Waals surface area contributed by atoms with Crippen molar-refractivity contribution < 1.29 is 22.7 Å². The van der Waals surface area contributed by atoms with Crippen molar-refractivity contribution >= 4 is 17.5 Å². The molecule has 1 aliphatic heterocycles. The lowest BCUT2D eigenvalue weighted by atomic mass is 10.1. The van der Waals surface area contributed by atoms with Crippen LogP contribution in [0.15, 0.2) is 54.6 Å². The van der Waals surface area contributed by atoms with E-state index in [1.165, 1.54) is 18.2 Å². The van der Waals surface area contributed by atoms with Crippen molar-refractivity contribution in [3.63, 3.8) is 0 Å². The second-order valence-corrected chi connectivity index (χ2v) is 5.97. The summed E-state index contributed by atoms with van der Waals surface area (Å²) in [5.41, 5.74) is 1.07. The van der Waals surface area contributed by atoms with Crippen LogP contribution in [0.3, 0.4) is 0 Å². The molecule has 1 saturated heterocycles. The molecule has 136 valence electrons. The minimum absolute atomic E-state index is 0.0148. The number of ether oxygens (including phenoxy) is 1. The quantitative estimate of drug-likeness (QED) is 0.596. The van der Waals surface area contributed by atoms with Gasteiger partial charge in [-0.3, -0.25) is 4.79 Å². The summed E-state index contributed by atoms with van der Waals surface area (Å²) in [7, 11) is 0. The number of hydrogen-bond acceptors (Lipinski definition) is 3. The van der Waals surface area contributed by atoms with Crippen molar-refractivity contribution in [1.82, 2.24) is 0 Å². The normalized spacial score (nSPS) is 15.4. The summed E-state index contributed by atoms with van der Waals surface area (Å²) in [4.78, 5) is 14.3. The van der Waals surface area contributed by atoms with E-state index in [0.717, 1.165) is 36.5 Å². The highest BCUT2D eigenvalue weighted by Crippen LogP contribution is 2.29. The SMILES string of the molecule is O=C(C=Cc1ccc(N2CCOCC2)cc1)c1cccc(C(F)(F)F)c1. The molecule has 0 unspecified atom stereocenters. The van der Waals surface area contributed by atoms with Gasteiger partial charge in [0.15, 0.2) is 5.78 Å². The summed E-state index contributed by atoms with van der Waals surface area (Å²) in [5, 5.41) is 0. The van der Waals surface area contributed by atoms with Gasteiger partial charge in [0.05, 0.1) is 18.8 Å². The van der Waals surface area contributed by atoms with Crippen LogP contribution in [-0.2, 0) is 10.9 Å². The van der Waals surface area contributed by atoms with Crippen LogP contribution in [0.4, 0.5) is 18.9 Å². The number of anilines is 1. The van der Waals surface area contributed by atoms with Gasteiger partial charge in [-0.05, 0) is 35.9 Å². The maximum absolute atomic E-state index is 12.7. The fourth-order valence-electron chi connectivity index (χ4n) is 2.73. The first kappa shape index (κ1) is 18.2. The van der Waals surface area contributed by atoms with Crippen molar-refractivity contribution in [2.45, 2.75) is 6.18 Å². The van der Waals surface area contributed by atoms with Gasteiger partial charge in [0.1, 0.15) is 0 Å². The van der Waals surface area contributed by atoms with Gasteiger partial charge in [0.25, 0.3) is 0 Å². The van der Waals surface area contributed by atoms with E-state index < -0.39 is 17.5 Å². The maximum atomic E-state index is 12.7. The number of nitrogens with zero attached hydrogens (tertiary/aromatic N) is 1. The van der Waals surface area contributed by atoms with Crippen LogP contribution in [0, 0.1) is 0 Å². The zero-order chi connectivity index (χ0) is 18.6. The maximum Gasteiger partial charge on any atom is 0.416 e. The summed E-state index contributed by atoms with van der Waals surface area (Å²) < 4.78 is 43.5. The highest BCUT2D eigenvalue weighted by molar-refractivity contribution is 6.06. The average Bonchev–Trinajstić information content (AvgIpc) is 2.66. The number of rotatable bonds is 4. The standard InChI is InChI=1S/C20H18F3NO2/c21-20(22,23)17-3-1-2-16(14-17)19(25)9-6-15-4-7-18(8-5-15)24-10-12-26-13-11-24/h1-9,14H,10-13H2. The molecule has 0 spiro atoms. The molecule has 26 heavy (non-hydrogen) atoms. The molecule has 0 radical (unpaired) electrons. The lowest BCUT2D eigenvalue weighted by Crippen LogP contribution is -2.36. The van der Waals surface area contributed by atoms with E-state index in [4.69, 9.17) is 4.74 Å². The Morgan fingerprint density at radius 1 is 1.04 bits per heavy atom. The van der Waals surface area contributed by atoms with Gasteiger partial charge in [-0.25, -0.2) is 0 Å². The molecule has 3 nitrogen and oxygen atoms in total. The molecular weight excluding hydrogens is 343 g/mol. The topological polar surface area (TPSA) is 29.5 Å². The Labute approximate surface area is 149 Å². The minimum Gasteiger partial charge on any atom is -0.378 e. The monoisotopic (exact) mass is 361 g/mol. The van der Waals surface area contributed by atoms with Gasteiger partial charge in [0, 0.05) is 24.3 Å². The Morgan fingerprint density at radius 3 is 2.38 bits per heavy atom. The van der Waals surface area contributed by atoms with E-state index in [9.17, 15) is 18.0 Å². The van der Waals surface area contributed by atoms with Crippen LogP contribution >= 0.6 is 0 Å². The van der Waals surface area contributed by atoms with Gasteiger partial charge in [0.2, 0.25) is 0 Å². The second kappa shape index (κ2) is 7.74. The van der Waals surface area contributed by atoms with Crippen molar-refractivity contribution in [3.05, 3.63) is 71.3 Å². The number of hydrogen-bond donors (Lipinski definition) is 0. The number of ketones is 1. The Kier molecular flexibility index (Phi) is 5.42. The van der Waals surface area contributed by atoms with Gasteiger partial charge in [-0.1, -0.05) is 30.3 Å². The Bertz CT molecular complexity index is 791. The summed E-state index contributed by atoms with van der Waals surface area (Å²) in [6.45, 7) is 3.08. The molecule has 1 aliphatic rings. The average molecular weight is 361 g/mol. The molecule has 0 aromatic heterocycles. The molecule has 1 fully saturated rings. The molecule has 0 N–H and O–H groups in total. The molecule has 0 bridgehead atoms. The number of alkyl halides is 3. The summed E-state index contributed by atoms with van der Waals surface area (Å²) in [5.74, 6) is -0.464. The van der Waals surface area contributed by atoms with Crippen LogP contribution in [0.25, 0.3) is 6.08 Å². The number of allylic oxidation sites excluding steroid dienone is 1. The van der Waals surface area contributed by atoms with E-state index in [1.807, 2.05) is 24.3 Å². The van der Waals surface area contributed by atoms with E-state index in [-0.39, 0.29) is 5.56 Å². The highest BCUT2D eigenvalue weighted by atomic mass is 19.4. The first-order valence-corrected chi connectivity index (χ1v) is 8.26. The first-order valence-electron chi connectivity index (χ1n) is 8.26. The number of morpholine rings is 1. The lowest BCUT2D eigenvalue weighted by Gasteiger charge is -2.28. The Morgan fingerprint density at radius 2 is 1.73 bits per heavy atom. The molecule has 6 heteroatoms. The lowest BCUT2D eigenvalue weighted by molar-refractivity contribution is -0.137. The van der Waals surface area contributed by atoms with E-state index in [0.29, 0.717) is 13.2 Å². The predicted molar refractivity (Wildman–Crippen MR) is 94.3 cm³/mol. The largest absolute Gasteiger partial charge is 0.416 e. The van der Waals surface area contributed by atoms with Gasteiger partial charge in [-0.15, -0.1) is 0 Å². The molecule has 0 atom stereocenters. The first-order chi connectivity index (χ1) is 12.4. The molecular formula is C20H18F3NO2. The number of halogens is 3. The third-order valence-electron chi connectivity index (χ3n) is 4.17. The van der Waals surface area contributed by atoms with E-state index in [1.54, 1.807) is 6.08 Å². The van der Waals surface area contributed by atoms with E-state index >= 15 is 0 Å². The zero-order valence-corrected chi connectivity index (χ0v) is 14.0. The Hall–Kier alpha value is -2.60. The molecule has 3 rings (SSSR count). The Balaban J connectivity index is 1.68. The number of carbonyl (C=O) groups is 1. The van der Waals surface area contributed by atoms with Crippen LogP contribution in [-0.4, -0.2) is 32.1 Å². The van der Waals surface area contributed by atoms with Crippen LogP contribution < -0.4 is 4.90 Å². The minimum atomic E-state index is -4.46. The smallest absolute Gasteiger partial charge is 0.378 e. The van der Waals surface area contributed by atoms with Crippen LogP contribution in [0.1, 0.15) is 21.5 Å². The van der Waals surface area contributed by atoms with Gasteiger partial charge < -0.3 is 9.64 Å². The third-order valence-corrected chi connectivity index (χ3v) is 4.17. The van der Waals surface area contributed by atoms with Crippen molar-refractivity contribution in [1.29, 1.82) is 0 Å². The van der Waals surface area contributed by atoms with Crippen LogP contribution in [0.2, 0.25) is 0 Å². The highest BCUT2D eigenvalue weighted by Gasteiger charge is 2.30. The second-order valence-electron chi connectivity index (χ2n) is 5.97. The van der Waals surface area contributed by atoms with Crippen molar-refractivity contribution in [2.24, 2.45) is 0 Å². The molecule has 1 heterocycles. The van der Waals surface area contributed by atoms with Crippen molar-refractivity contribution in [3.8, 4) is 0 Å². The van der Waals surface area contributed by atoms with Crippen molar-refractivity contribution in [2.75, 3.05) is 31.2 Å². The zero-order valence-electron chi connectivity index (χ0n) is 14.0. The molecule has 0 amide bonds. The summed E-state index contributed by atoms with van der Waals surface area (Å²) in [6, 6.07) is 12.1. The molecule has 2 aromatic rings. The number of carbonyl (C=O) groups excluding carboxylic acids is 1. The molecule has 0 aliphatic carbocycles. The molecule has 0 saturated carbocycles. The summed E-state index contributed by atoms with van der Waals surface area (Å²) >= 11 is 0. The third kappa shape index (κ3) is 4.52. The van der Waals surface area contributed by atoms with Gasteiger partial charge >= 0.3 is 6.18 Å².